The van der Waals surface area contributed by atoms with Gasteiger partial charge in [0.1, 0.15) is 12.2 Å². The van der Waals surface area contributed by atoms with Crippen LogP contribution < -0.4 is 0 Å². The fourth-order valence-corrected chi connectivity index (χ4v) is 3.85. The number of aromatic nitrogens is 3. The first-order chi connectivity index (χ1) is 12.2. The van der Waals surface area contributed by atoms with Gasteiger partial charge in [-0.05, 0) is 31.4 Å². The molecule has 1 aromatic heterocycles. The Kier molecular flexibility index (Phi) is 4.13. The van der Waals surface area contributed by atoms with Gasteiger partial charge in [-0.25, -0.2) is 9.67 Å². The Hall–Kier alpha value is -2.47. The van der Waals surface area contributed by atoms with Crippen molar-refractivity contribution in [2.45, 2.75) is 32.2 Å². The summed E-state index contributed by atoms with van der Waals surface area (Å²) in [6.07, 6.45) is 7.13. The van der Waals surface area contributed by atoms with Crippen LogP contribution in [-0.4, -0.2) is 43.8 Å². The Morgan fingerprint density at radius 3 is 2.64 bits per heavy atom. The van der Waals surface area contributed by atoms with E-state index in [1.54, 1.807) is 6.33 Å². The molecular formula is C19H22N4O2. The molecule has 0 spiro atoms. The van der Waals surface area contributed by atoms with Gasteiger partial charge in [0.15, 0.2) is 0 Å². The lowest BCUT2D eigenvalue weighted by atomic mass is 9.62. The molecule has 6 nitrogen and oxygen atoms in total. The van der Waals surface area contributed by atoms with Crippen molar-refractivity contribution in [2.24, 2.45) is 5.41 Å². The van der Waals surface area contributed by atoms with Crippen LogP contribution in [0.15, 0.2) is 48.3 Å². The fraction of sp³-hybridized carbons (Fsp3) is 0.421. The van der Waals surface area contributed by atoms with Crippen LogP contribution in [0, 0.1) is 5.41 Å². The fourth-order valence-electron chi connectivity index (χ4n) is 3.85. The minimum Gasteiger partial charge on any atom is -0.481 e. The van der Waals surface area contributed by atoms with Crippen LogP contribution in [0.3, 0.4) is 0 Å². The smallest absolute Gasteiger partial charge is 0.313 e. The molecule has 1 fully saturated rings. The van der Waals surface area contributed by atoms with Crippen LogP contribution in [0.1, 0.15) is 31.5 Å². The molecule has 1 saturated carbocycles. The Balaban J connectivity index is 1.46. The van der Waals surface area contributed by atoms with Gasteiger partial charge in [-0.15, -0.1) is 0 Å². The summed E-state index contributed by atoms with van der Waals surface area (Å²) in [5, 5.41) is 13.9. The van der Waals surface area contributed by atoms with Crippen LogP contribution in [0.5, 0.6) is 0 Å². The first-order valence-corrected chi connectivity index (χ1v) is 8.79. The number of rotatable bonds is 5. The second-order valence-corrected chi connectivity index (χ2v) is 6.88. The molecule has 1 aromatic carbocycles. The van der Waals surface area contributed by atoms with E-state index < -0.39 is 11.4 Å². The van der Waals surface area contributed by atoms with Gasteiger partial charge in [-0.3, -0.25) is 9.69 Å². The number of nitrogens with zero attached hydrogens (tertiary/aromatic N) is 4. The minimum atomic E-state index is -0.651. The van der Waals surface area contributed by atoms with Crippen molar-refractivity contribution < 1.29 is 9.90 Å². The molecule has 1 N–H and O–H groups in total. The Morgan fingerprint density at radius 1 is 1.24 bits per heavy atom. The minimum absolute atomic E-state index is 0.573. The van der Waals surface area contributed by atoms with E-state index in [0.29, 0.717) is 6.54 Å². The number of hydrogen-bond acceptors (Lipinski definition) is 4. The molecule has 130 valence electrons. The first-order valence-electron chi connectivity index (χ1n) is 8.79. The number of carboxylic acids is 1. The molecule has 0 atom stereocenters. The van der Waals surface area contributed by atoms with Gasteiger partial charge in [0.05, 0.1) is 17.6 Å². The average molecular weight is 338 g/mol. The summed E-state index contributed by atoms with van der Waals surface area (Å²) in [6.45, 7) is 2.34. The molecule has 0 amide bonds. The Morgan fingerprint density at radius 2 is 2.04 bits per heavy atom. The molecule has 2 aromatic rings. The number of aliphatic carboxylic acids is 1. The van der Waals surface area contributed by atoms with Crippen molar-refractivity contribution >= 4 is 5.97 Å². The molecule has 4 rings (SSSR count). The average Bonchev–Trinajstić information content (AvgIpc) is 3.04. The molecule has 0 saturated heterocycles. The molecule has 6 heteroatoms. The van der Waals surface area contributed by atoms with Gasteiger partial charge >= 0.3 is 5.97 Å². The molecule has 1 aliphatic carbocycles. The summed E-state index contributed by atoms with van der Waals surface area (Å²) in [5.41, 5.74) is 1.55. The largest absolute Gasteiger partial charge is 0.481 e. The number of carboxylic acid groups (broad SMARTS) is 1. The van der Waals surface area contributed by atoms with E-state index in [2.05, 4.69) is 21.1 Å². The van der Waals surface area contributed by atoms with Gasteiger partial charge in [-0.1, -0.05) is 36.3 Å². The SMILES string of the molecule is O=C(O)C1(C2=CCN(Cc3ncnn3-c3ccccc3)CC2)CCC1. The molecule has 0 bridgehead atoms. The lowest BCUT2D eigenvalue weighted by Crippen LogP contribution is -2.43. The van der Waals surface area contributed by atoms with Crippen molar-refractivity contribution in [3.8, 4) is 5.69 Å². The summed E-state index contributed by atoms with van der Waals surface area (Å²) in [5.74, 6) is 0.252. The first kappa shape index (κ1) is 16.0. The van der Waals surface area contributed by atoms with Crippen LogP contribution in [0.25, 0.3) is 5.69 Å². The van der Waals surface area contributed by atoms with Crippen molar-refractivity contribution in [2.75, 3.05) is 13.1 Å². The quantitative estimate of drug-likeness (QED) is 0.849. The highest BCUT2D eigenvalue weighted by atomic mass is 16.4. The Labute approximate surface area is 146 Å². The zero-order valence-corrected chi connectivity index (χ0v) is 14.1. The highest BCUT2D eigenvalue weighted by Crippen LogP contribution is 2.49. The third-order valence-electron chi connectivity index (χ3n) is 5.51. The zero-order chi connectivity index (χ0) is 17.3. The molecule has 2 heterocycles. The highest BCUT2D eigenvalue weighted by molar-refractivity contribution is 5.79. The monoisotopic (exact) mass is 338 g/mol. The number of benzene rings is 1. The number of para-hydroxylation sites is 1. The van der Waals surface area contributed by atoms with Crippen molar-refractivity contribution in [3.05, 3.63) is 54.1 Å². The highest BCUT2D eigenvalue weighted by Gasteiger charge is 2.47. The Bertz CT molecular complexity index is 793. The van der Waals surface area contributed by atoms with E-state index in [4.69, 9.17) is 0 Å². The molecule has 25 heavy (non-hydrogen) atoms. The van der Waals surface area contributed by atoms with E-state index in [9.17, 15) is 9.90 Å². The van der Waals surface area contributed by atoms with E-state index in [1.165, 1.54) is 0 Å². The van der Waals surface area contributed by atoms with Crippen molar-refractivity contribution in [1.82, 2.24) is 19.7 Å². The number of hydrogen-bond donors (Lipinski definition) is 1. The molecule has 0 unspecified atom stereocenters. The standard InChI is InChI=1S/C19H22N4O2/c24-18(25)19(9-4-10-19)15-7-11-22(12-8-15)13-17-20-14-21-23(17)16-5-2-1-3-6-16/h1-3,5-7,14H,4,8-13H2,(H,24,25). The molecule has 1 aliphatic heterocycles. The normalized spacial score (nSPS) is 19.9. The zero-order valence-electron chi connectivity index (χ0n) is 14.1. The van der Waals surface area contributed by atoms with Crippen LogP contribution in [0.2, 0.25) is 0 Å². The van der Waals surface area contributed by atoms with Gasteiger partial charge in [0.2, 0.25) is 0 Å². The summed E-state index contributed by atoms with van der Waals surface area (Å²) < 4.78 is 1.86. The number of carbonyl (C=O) groups is 1. The maximum atomic E-state index is 11.7. The summed E-state index contributed by atoms with van der Waals surface area (Å²) in [4.78, 5) is 18.4. The third kappa shape index (κ3) is 2.87. The molecule has 2 aliphatic rings. The summed E-state index contributed by atoms with van der Waals surface area (Å²) in [7, 11) is 0. The lowest BCUT2D eigenvalue weighted by Gasteiger charge is -2.42. The second-order valence-electron chi connectivity index (χ2n) is 6.88. The predicted molar refractivity (Wildman–Crippen MR) is 93.3 cm³/mol. The summed E-state index contributed by atoms with van der Waals surface area (Å²) in [6, 6.07) is 9.98. The van der Waals surface area contributed by atoms with Crippen LogP contribution in [-0.2, 0) is 11.3 Å². The van der Waals surface area contributed by atoms with Gasteiger partial charge in [0, 0.05) is 13.1 Å². The lowest BCUT2D eigenvalue weighted by molar-refractivity contribution is -0.151. The van der Waals surface area contributed by atoms with Gasteiger partial charge in [0.25, 0.3) is 0 Å². The van der Waals surface area contributed by atoms with E-state index in [-0.39, 0.29) is 0 Å². The second kappa shape index (κ2) is 6.44. The van der Waals surface area contributed by atoms with Crippen molar-refractivity contribution in [3.63, 3.8) is 0 Å². The van der Waals surface area contributed by atoms with Gasteiger partial charge in [-0.2, -0.15) is 5.10 Å². The van der Waals surface area contributed by atoms with Crippen molar-refractivity contribution in [1.29, 1.82) is 0 Å². The van der Waals surface area contributed by atoms with E-state index >= 15 is 0 Å². The maximum absolute atomic E-state index is 11.7. The third-order valence-corrected chi connectivity index (χ3v) is 5.51. The van der Waals surface area contributed by atoms with E-state index in [0.717, 1.165) is 55.9 Å². The molecule has 0 radical (unpaired) electrons. The van der Waals surface area contributed by atoms with Gasteiger partial charge < -0.3 is 5.11 Å². The maximum Gasteiger partial charge on any atom is 0.313 e. The predicted octanol–water partition coefficient (Wildman–Crippen LogP) is 2.65. The summed E-state index contributed by atoms with van der Waals surface area (Å²) >= 11 is 0. The molecular weight excluding hydrogens is 316 g/mol. The van der Waals surface area contributed by atoms with Crippen LogP contribution in [0.4, 0.5) is 0 Å². The topological polar surface area (TPSA) is 71.2 Å². The van der Waals surface area contributed by atoms with Crippen LogP contribution >= 0.6 is 0 Å². The van der Waals surface area contributed by atoms with E-state index in [1.807, 2.05) is 35.0 Å².